The molecule has 0 heterocycles. The van der Waals surface area contributed by atoms with Gasteiger partial charge in [-0.1, -0.05) is 29.8 Å². The van der Waals surface area contributed by atoms with Crippen LogP contribution in [0.25, 0.3) is 0 Å². The van der Waals surface area contributed by atoms with E-state index in [0.717, 1.165) is 5.56 Å². The molecule has 5 N–H and O–H groups in total. The number of hydrazone groups is 1. The molecule has 0 unspecified atom stereocenters. The minimum Gasteiger partial charge on any atom is -0.288 e. The third-order valence-electron chi connectivity index (χ3n) is 2.67. The maximum Gasteiger partial charge on any atom is 0.294 e. The van der Waals surface area contributed by atoms with Gasteiger partial charge in [0.05, 0.1) is 11.1 Å². The minimum atomic E-state index is -4.02. The minimum absolute atomic E-state index is 0.0666. The molecule has 0 saturated heterocycles. The Morgan fingerprint density at radius 2 is 1.88 bits per heavy atom. The Balaban J connectivity index is 0.000000257. The first-order chi connectivity index (χ1) is 11.7. The van der Waals surface area contributed by atoms with Gasteiger partial charge in [0.25, 0.3) is 10.1 Å². The molecular formula is C15H17FN4O4S. The Labute approximate surface area is 144 Å². The van der Waals surface area contributed by atoms with Gasteiger partial charge in [-0.25, -0.2) is 15.3 Å². The number of hydrogen-bond acceptors (Lipinski definition) is 5. The lowest BCUT2D eigenvalue weighted by Crippen LogP contribution is -2.30. The van der Waals surface area contributed by atoms with Crippen molar-refractivity contribution < 1.29 is 22.6 Å². The fraction of sp³-hybridized carbons (Fsp3) is 0.0667. The first-order valence-corrected chi connectivity index (χ1v) is 8.24. The summed E-state index contributed by atoms with van der Waals surface area (Å²) in [5.41, 5.74) is 5.23. The lowest BCUT2D eigenvalue weighted by atomic mass is 10.2. The van der Waals surface area contributed by atoms with E-state index in [1.54, 1.807) is 29.7 Å². The molecule has 0 bridgehead atoms. The summed E-state index contributed by atoms with van der Waals surface area (Å²) in [5, 5.41) is 18.7. The van der Waals surface area contributed by atoms with Gasteiger partial charge in [-0.3, -0.25) is 15.2 Å². The molecule has 2 rings (SSSR count). The fourth-order valence-corrected chi connectivity index (χ4v) is 1.97. The van der Waals surface area contributed by atoms with Crippen molar-refractivity contribution >= 4 is 22.3 Å². The highest BCUT2D eigenvalue weighted by atomic mass is 32.2. The van der Waals surface area contributed by atoms with Crippen LogP contribution < -0.4 is 10.9 Å². The number of rotatable bonds is 3. The van der Waals surface area contributed by atoms with Gasteiger partial charge in [0.2, 0.25) is 5.96 Å². The predicted octanol–water partition coefficient (Wildman–Crippen LogP) is 1.90. The summed E-state index contributed by atoms with van der Waals surface area (Å²) < 4.78 is 42.2. The number of aryl methyl sites for hydroxylation is 1. The quantitative estimate of drug-likeness (QED) is 0.243. The fourth-order valence-electron chi connectivity index (χ4n) is 1.49. The van der Waals surface area contributed by atoms with Gasteiger partial charge in [-0.2, -0.15) is 13.5 Å². The third-order valence-corrected chi connectivity index (χ3v) is 3.54. The standard InChI is InChI=1S/C8H9FN4O.C7H8O3S/c9-7-3-1-2-6(4-7)5-11-12-8(10)13-14;1-6-2-4-7(5-3-6)11(8,9)10/h1-5,14H,(H3,10,12,13);2-5H,1H3,(H,8,9,10). The Morgan fingerprint density at radius 1 is 1.24 bits per heavy atom. The first kappa shape index (κ1) is 20.2. The Bertz CT molecular complexity index is 839. The average molecular weight is 368 g/mol. The molecule has 0 amide bonds. The van der Waals surface area contributed by atoms with Crippen molar-refractivity contribution in [3.63, 3.8) is 0 Å². The molecule has 0 spiro atoms. The van der Waals surface area contributed by atoms with E-state index in [9.17, 15) is 12.8 Å². The van der Waals surface area contributed by atoms with E-state index in [4.69, 9.17) is 15.2 Å². The van der Waals surface area contributed by atoms with Crippen molar-refractivity contribution in [2.75, 3.05) is 0 Å². The molecule has 2 aromatic carbocycles. The monoisotopic (exact) mass is 368 g/mol. The van der Waals surface area contributed by atoms with E-state index in [0.29, 0.717) is 5.56 Å². The second-order valence-electron chi connectivity index (χ2n) is 4.70. The molecule has 0 atom stereocenters. The molecule has 8 nitrogen and oxygen atoms in total. The number of benzene rings is 2. The number of nitrogens with zero attached hydrogens (tertiary/aromatic N) is 1. The summed E-state index contributed by atoms with van der Waals surface area (Å²) in [5.74, 6) is -0.720. The van der Waals surface area contributed by atoms with Gasteiger partial charge in [0, 0.05) is 0 Å². The van der Waals surface area contributed by atoms with E-state index < -0.39 is 10.1 Å². The summed E-state index contributed by atoms with van der Waals surface area (Å²) in [6.45, 7) is 1.84. The van der Waals surface area contributed by atoms with E-state index in [-0.39, 0.29) is 16.7 Å². The van der Waals surface area contributed by atoms with Gasteiger partial charge in [0.1, 0.15) is 5.82 Å². The molecule has 0 aliphatic heterocycles. The number of halogens is 1. The van der Waals surface area contributed by atoms with Crippen LogP contribution in [-0.2, 0) is 10.1 Å². The molecule has 0 fully saturated rings. The molecule has 0 aliphatic rings. The molecule has 0 aliphatic carbocycles. The van der Waals surface area contributed by atoms with E-state index in [1.807, 2.05) is 6.92 Å². The maximum absolute atomic E-state index is 12.6. The van der Waals surface area contributed by atoms with Gasteiger partial charge in [-0.15, -0.1) is 0 Å². The Kier molecular flexibility index (Phi) is 7.66. The van der Waals surface area contributed by atoms with Gasteiger partial charge < -0.3 is 0 Å². The first-order valence-electron chi connectivity index (χ1n) is 6.80. The van der Waals surface area contributed by atoms with Crippen molar-refractivity contribution in [3.05, 3.63) is 65.5 Å². The number of nitrogens with one attached hydrogen (secondary N) is 3. The Morgan fingerprint density at radius 3 is 2.40 bits per heavy atom. The topological polar surface area (TPSA) is 135 Å². The summed E-state index contributed by atoms with van der Waals surface area (Å²) >= 11 is 0. The summed E-state index contributed by atoms with van der Waals surface area (Å²) in [7, 11) is -4.02. The molecule has 134 valence electrons. The molecular weight excluding hydrogens is 351 g/mol. The van der Waals surface area contributed by atoms with Crippen molar-refractivity contribution in [2.24, 2.45) is 5.10 Å². The van der Waals surface area contributed by atoms with Crippen LogP contribution >= 0.6 is 0 Å². The van der Waals surface area contributed by atoms with E-state index in [1.165, 1.54) is 30.5 Å². The second kappa shape index (κ2) is 9.47. The number of hydroxylamine groups is 1. The molecule has 10 heteroatoms. The molecule has 25 heavy (non-hydrogen) atoms. The highest BCUT2D eigenvalue weighted by molar-refractivity contribution is 7.85. The predicted molar refractivity (Wildman–Crippen MR) is 90.8 cm³/mol. The average Bonchev–Trinajstić information content (AvgIpc) is 2.55. The van der Waals surface area contributed by atoms with Crippen LogP contribution in [0.3, 0.4) is 0 Å². The van der Waals surface area contributed by atoms with Crippen molar-refractivity contribution in [1.82, 2.24) is 10.9 Å². The lowest BCUT2D eigenvalue weighted by Gasteiger charge is -1.98. The molecule has 0 saturated carbocycles. The van der Waals surface area contributed by atoms with Crippen LogP contribution in [-0.4, -0.2) is 30.4 Å². The maximum atomic E-state index is 12.6. The van der Waals surface area contributed by atoms with Crippen LogP contribution in [0.1, 0.15) is 11.1 Å². The normalized spacial score (nSPS) is 10.7. The number of guanidine groups is 1. The van der Waals surface area contributed by atoms with Crippen LogP contribution in [0.5, 0.6) is 0 Å². The van der Waals surface area contributed by atoms with Gasteiger partial charge in [0.15, 0.2) is 0 Å². The molecule has 0 aromatic heterocycles. The zero-order valence-electron chi connectivity index (χ0n) is 13.1. The second-order valence-corrected chi connectivity index (χ2v) is 6.12. The number of hydrogen-bond donors (Lipinski definition) is 5. The molecule has 0 radical (unpaired) electrons. The third kappa shape index (κ3) is 8.01. The van der Waals surface area contributed by atoms with Crippen LogP contribution in [0, 0.1) is 18.2 Å². The van der Waals surface area contributed by atoms with Crippen molar-refractivity contribution in [3.8, 4) is 0 Å². The largest absolute Gasteiger partial charge is 0.294 e. The Hall–Kier alpha value is -2.82. The smallest absolute Gasteiger partial charge is 0.288 e. The molecule has 2 aromatic rings. The zero-order chi connectivity index (χ0) is 18.9. The van der Waals surface area contributed by atoms with E-state index >= 15 is 0 Å². The van der Waals surface area contributed by atoms with Crippen LogP contribution in [0.2, 0.25) is 0 Å². The SMILES string of the molecule is Cc1ccc(S(=O)(=O)O)cc1.N=C(NO)NN=Cc1cccc(F)c1. The van der Waals surface area contributed by atoms with Gasteiger partial charge in [-0.05, 0) is 36.8 Å². The van der Waals surface area contributed by atoms with Gasteiger partial charge >= 0.3 is 0 Å². The van der Waals surface area contributed by atoms with Crippen LogP contribution in [0.4, 0.5) is 4.39 Å². The van der Waals surface area contributed by atoms with Crippen molar-refractivity contribution in [1.29, 1.82) is 5.41 Å². The zero-order valence-corrected chi connectivity index (χ0v) is 14.0. The summed E-state index contributed by atoms with van der Waals surface area (Å²) in [6.07, 6.45) is 1.33. The van der Waals surface area contributed by atoms with E-state index in [2.05, 4.69) is 10.5 Å². The summed E-state index contributed by atoms with van der Waals surface area (Å²) in [4.78, 5) is -0.0666. The summed E-state index contributed by atoms with van der Waals surface area (Å²) in [6, 6.07) is 11.8. The highest BCUT2D eigenvalue weighted by Crippen LogP contribution is 2.08. The highest BCUT2D eigenvalue weighted by Gasteiger charge is 2.06. The lowest BCUT2D eigenvalue weighted by molar-refractivity contribution is 0.228. The van der Waals surface area contributed by atoms with Crippen molar-refractivity contribution in [2.45, 2.75) is 11.8 Å². The van der Waals surface area contributed by atoms with Crippen LogP contribution in [0.15, 0.2) is 58.5 Å².